The topological polar surface area (TPSA) is 58.6 Å². The molecule has 5 nitrogen and oxygen atoms in total. The first kappa shape index (κ1) is 17.0. The van der Waals surface area contributed by atoms with Crippen molar-refractivity contribution in [1.82, 2.24) is 5.32 Å². The summed E-state index contributed by atoms with van der Waals surface area (Å²) in [6.45, 7) is 0.708. The summed E-state index contributed by atoms with van der Waals surface area (Å²) < 4.78 is 18.5. The molecule has 2 amide bonds. The van der Waals surface area contributed by atoms with Crippen LogP contribution in [0, 0.1) is 5.82 Å². The average molecular weight is 342 g/mol. The number of amides is 2. The highest BCUT2D eigenvalue weighted by Crippen LogP contribution is 2.31. The summed E-state index contributed by atoms with van der Waals surface area (Å²) in [7, 11) is 1.72. The maximum Gasteiger partial charge on any atom is 0.230 e. The molecular weight excluding hydrogens is 323 g/mol. The van der Waals surface area contributed by atoms with E-state index in [2.05, 4.69) is 5.32 Å². The zero-order valence-corrected chi connectivity index (χ0v) is 13.9. The Hall–Kier alpha value is -2.89. The second-order valence-corrected chi connectivity index (χ2v) is 5.93. The fraction of sp³-hybridized carbons (Fsp3) is 0.263. The Bertz CT molecular complexity index is 790. The molecule has 25 heavy (non-hydrogen) atoms. The molecule has 6 heteroatoms. The number of hydrogen-bond acceptors (Lipinski definition) is 3. The molecule has 0 radical (unpaired) electrons. The van der Waals surface area contributed by atoms with Gasteiger partial charge in [0.05, 0.1) is 25.1 Å². The van der Waals surface area contributed by atoms with Gasteiger partial charge in [-0.1, -0.05) is 18.2 Å². The van der Waals surface area contributed by atoms with Crippen LogP contribution in [0.2, 0.25) is 0 Å². The van der Waals surface area contributed by atoms with Crippen LogP contribution < -0.4 is 15.0 Å². The molecule has 1 N–H and O–H groups in total. The van der Waals surface area contributed by atoms with Crippen molar-refractivity contribution in [3.05, 3.63) is 59.4 Å². The van der Waals surface area contributed by atoms with Gasteiger partial charge >= 0.3 is 0 Å². The molecule has 1 aliphatic heterocycles. The Balaban J connectivity index is 1.63. The maximum absolute atomic E-state index is 12.9. The van der Waals surface area contributed by atoms with Gasteiger partial charge in [-0.25, -0.2) is 4.39 Å². The Labute approximate surface area is 145 Å². The van der Waals surface area contributed by atoms with Gasteiger partial charge in [-0.3, -0.25) is 9.59 Å². The molecule has 0 aromatic heterocycles. The number of anilines is 1. The predicted molar refractivity (Wildman–Crippen MR) is 91.9 cm³/mol. The Morgan fingerprint density at radius 3 is 2.68 bits per heavy atom. The van der Waals surface area contributed by atoms with E-state index in [1.807, 2.05) is 18.2 Å². The molecule has 0 unspecified atom stereocenters. The summed E-state index contributed by atoms with van der Waals surface area (Å²) in [6.07, 6.45) is 0.529. The Morgan fingerprint density at radius 2 is 1.92 bits per heavy atom. The highest BCUT2D eigenvalue weighted by molar-refractivity contribution is 5.95. The van der Waals surface area contributed by atoms with E-state index in [4.69, 9.17) is 4.74 Å². The second kappa shape index (κ2) is 7.34. The SMILES string of the molecule is CN1C(=O)CCOc2ccc(CNC(=O)Cc3ccc(F)cc3)cc21. The molecule has 0 saturated heterocycles. The first-order valence-corrected chi connectivity index (χ1v) is 8.06. The molecule has 3 rings (SSSR count). The van der Waals surface area contributed by atoms with E-state index in [1.165, 1.54) is 12.1 Å². The van der Waals surface area contributed by atoms with Crippen LogP contribution in [-0.4, -0.2) is 25.5 Å². The first-order valence-electron chi connectivity index (χ1n) is 8.06. The van der Waals surface area contributed by atoms with Gasteiger partial charge in [0.2, 0.25) is 11.8 Å². The van der Waals surface area contributed by atoms with E-state index in [0.717, 1.165) is 11.1 Å². The van der Waals surface area contributed by atoms with Crippen molar-refractivity contribution >= 4 is 17.5 Å². The van der Waals surface area contributed by atoms with Crippen LogP contribution in [0.5, 0.6) is 5.75 Å². The smallest absolute Gasteiger partial charge is 0.230 e. The lowest BCUT2D eigenvalue weighted by Gasteiger charge is -2.17. The van der Waals surface area contributed by atoms with Crippen LogP contribution in [-0.2, 0) is 22.6 Å². The van der Waals surface area contributed by atoms with E-state index in [0.29, 0.717) is 31.0 Å². The molecule has 2 aromatic rings. The van der Waals surface area contributed by atoms with Gasteiger partial charge in [-0.05, 0) is 35.4 Å². The average Bonchev–Trinajstić information content (AvgIpc) is 2.74. The molecule has 2 aromatic carbocycles. The molecule has 0 spiro atoms. The molecule has 130 valence electrons. The summed E-state index contributed by atoms with van der Waals surface area (Å²) in [5, 5.41) is 2.83. The Kier molecular flexibility index (Phi) is 4.97. The van der Waals surface area contributed by atoms with Crippen molar-refractivity contribution in [3.63, 3.8) is 0 Å². The fourth-order valence-corrected chi connectivity index (χ4v) is 2.66. The zero-order valence-electron chi connectivity index (χ0n) is 13.9. The number of fused-ring (bicyclic) bond motifs is 1. The minimum atomic E-state index is -0.324. The minimum absolute atomic E-state index is 0.00348. The lowest BCUT2D eigenvalue weighted by molar-refractivity contribution is -0.120. The number of carbonyl (C=O) groups is 2. The number of nitrogens with one attached hydrogen (secondary N) is 1. The highest BCUT2D eigenvalue weighted by atomic mass is 19.1. The number of hydrogen-bond donors (Lipinski definition) is 1. The van der Waals surface area contributed by atoms with E-state index in [9.17, 15) is 14.0 Å². The third-order valence-electron chi connectivity index (χ3n) is 4.10. The fourth-order valence-electron chi connectivity index (χ4n) is 2.66. The summed E-state index contributed by atoms with van der Waals surface area (Å²) in [5.74, 6) is 0.184. The van der Waals surface area contributed by atoms with E-state index < -0.39 is 0 Å². The lowest BCUT2D eigenvalue weighted by atomic mass is 10.1. The zero-order chi connectivity index (χ0) is 17.8. The highest BCUT2D eigenvalue weighted by Gasteiger charge is 2.20. The number of ether oxygens (including phenoxy) is 1. The summed E-state index contributed by atoms with van der Waals surface area (Å²) in [6, 6.07) is 11.4. The summed E-state index contributed by atoms with van der Waals surface area (Å²) in [4.78, 5) is 25.5. The van der Waals surface area contributed by atoms with Crippen molar-refractivity contribution < 1.29 is 18.7 Å². The lowest BCUT2D eigenvalue weighted by Crippen LogP contribution is -2.26. The van der Waals surface area contributed by atoms with E-state index in [1.54, 1.807) is 24.1 Å². The van der Waals surface area contributed by atoms with Crippen molar-refractivity contribution in [2.45, 2.75) is 19.4 Å². The van der Waals surface area contributed by atoms with Crippen LogP contribution in [0.15, 0.2) is 42.5 Å². The maximum atomic E-state index is 12.9. The van der Waals surface area contributed by atoms with Crippen LogP contribution >= 0.6 is 0 Å². The molecule has 0 bridgehead atoms. The predicted octanol–water partition coefficient (Wildman–Crippen LogP) is 2.43. The van der Waals surface area contributed by atoms with Gasteiger partial charge in [0.1, 0.15) is 11.6 Å². The Morgan fingerprint density at radius 1 is 1.20 bits per heavy atom. The van der Waals surface area contributed by atoms with Crippen molar-refractivity contribution in [2.24, 2.45) is 0 Å². The van der Waals surface area contributed by atoms with Crippen LogP contribution in [0.1, 0.15) is 17.5 Å². The quantitative estimate of drug-likeness (QED) is 0.928. The molecule has 0 aliphatic carbocycles. The van der Waals surface area contributed by atoms with Gasteiger partial charge < -0.3 is 15.0 Å². The van der Waals surface area contributed by atoms with Crippen molar-refractivity contribution in [3.8, 4) is 5.75 Å². The normalized spacial score (nSPS) is 13.7. The number of carbonyl (C=O) groups excluding carboxylic acids is 2. The molecule has 0 saturated carbocycles. The number of benzene rings is 2. The number of rotatable bonds is 4. The summed E-state index contributed by atoms with van der Waals surface area (Å²) >= 11 is 0. The van der Waals surface area contributed by atoms with Gasteiger partial charge in [-0.2, -0.15) is 0 Å². The van der Waals surface area contributed by atoms with Crippen molar-refractivity contribution in [1.29, 1.82) is 0 Å². The molecule has 1 heterocycles. The third-order valence-corrected chi connectivity index (χ3v) is 4.10. The van der Waals surface area contributed by atoms with Crippen LogP contribution in [0.4, 0.5) is 10.1 Å². The monoisotopic (exact) mass is 342 g/mol. The largest absolute Gasteiger partial charge is 0.491 e. The minimum Gasteiger partial charge on any atom is -0.491 e. The van der Waals surface area contributed by atoms with Gasteiger partial charge in [0.15, 0.2) is 0 Å². The summed E-state index contributed by atoms with van der Waals surface area (Å²) in [5.41, 5.74) is 2.32. The number of nitrogens with zero attached hydrogens (tertiary/aromatic N) is 1. The number of halogens is 1. The van der Waals surface area contributed by atoms with Crippen LogP contribution in [0.3, 0.4) is 0 Å². The molecule has 0 fully saturated rings. The van der Waals surface area contributed by atoms with Crippen LogP contribution in [0.25, 0.3) is 0 Å². The third kappa shape index (κ3) is 4.15. The molecule has 1 aliphatic rings. The van der Waals surface area contributed by atoms with E-state index >= 15 is 0 Å². The van der Waals surface area contributed by atoms with Gasteiger partial charge in [0, 0.05) is 13.6 Å². The first-order chi connectivity index (χ1) is 12.0. The molecular formula is C19H19FN2O3. The standard InChI is InChI=1S/C19H19FN2O3/c1-22-16-10-14(4-7-17(16)25-9-8-19(22)24)12-21-18(23)11-13-2-5-15(20)6-3-13/h2-7,10H,8-9,11-12H2,1H3,(H,21,23). The molecule has 0 atom stereocenters. The van der Waals surface area contributed by atoms with Gasteiger partial charge in [-0.15, -0.1) is 0 Å². The van der Waals surface area contributed by atoms with Gasteiger partial charge in [0.25, 0.3) is 0 Å². The van der Waals surface area contributed by atoms with Crippen molar-refractivity contribution in [2.75, 3.05) is 18.6 Å². The van der Waals surface area contributed by atoms with E-state index in [-0.39, 0.29) is 24.1 Å². The second-order valence-electron chi connectivity index (χ2n) is 5.93.